The lowest BCUT2D eigenvalue weighted by Gasteiger charge is -2.35. The number of hydrogen-bond acceptors (Lipinski definition) is 12. The van der Waals surface area contributed by atoms with Gasteiger partial charge in [-0.2, -0.15) is 4.98 Å². The highest BCUT2D eigenvalue weighted by Gasteiger charge is 2.25. The molecule has 0 spiro atoms. The summed E-state index contributed by atoms with van der Waals surface area (Å²) in [6, 6.07) is 11.0. The summed E-state index contributed by atoms with van der Waals surface area (Å²) in [5.41, 5.74) is 3.59. The Morgan fingerprint density at radius 2 is 1.52 bits per heavy atom. The number of piperidine rings is 1. The van der Waals surface area contributed by atoms with Gasteiger partial charge in [-0.05, 0) is 88.8 Å². The maximum absolute atomic E-state index is 13.0. The molecule has 3 heterocycles. The van der Waals surface area contributed by atoms with Crippen LogP contribution in [0.5, 0.6) is 5.75 Å². The molecular weight excluding hydrogens is 678 g/mol. The first-order valence-electron chi connectivity index (χ1n) is 17.6. The number of likely N-dealkylation sites (tertiary alicyclic amines) is 1. The average Bonchev–Trinajstić information content (AvgIpc) is 3.11. The van der Waals surface area contributed by atoms with Crippen molar-refractivity contribution < 1.29 is 22.6 Å². The summed E-state index contributed by atoms with van der Waals surface area (Å²) in [7, 11) is -3.54. The number of anilines is 4. The lowest BCUT2D eigenvalue weighted by Crippen LogP contribution is -2.48. The fraction of sp³-hybridized carbons (Fsp3) is 0.556. The van der Waals surface area contributed by atoms with E-state index in [1.54, 1.807) is 38.1 Å². The number of sulfone groups is 1. The van der Waals surface area contributed by atoms with Crippen molar-refractivity contribution in [3.05, 3.63) is 58.7 Å². The van der Waals surface area contributed by atoms with Gasteiger partial charge in [0.15, 0.2) is 15.7 Å². The molecule has 2 saturated heterocycles. The number of ether oxygens (including phenoxy) is 3. The van der Waals surface area contributed by atoms with Crippen LogP contribution >= 0.6 is 11.6 Å². The van der Waals surface area contributed by atoms with E-state index in [4.69, 9.17) is 25.8 Å². The zero-order valence-electron chi connectivity index (χ0n) is 30.0. The first-order chi connectivity index (χ1) is 24.1. The molecule has 3 aromatic rings. The third-order valence-electron chi connectivity index (χ3n) is 9.24. The number of para-hydroxylation sites is 1. The Morgan fingerprint density at radius 3 is 2.16 bits per heavy atom. The largest absolute Gasteiger partial charge is 0.492 e. The number of rotatable bonds is 16. The fourth-order valence-electron chi connectivity index (χ4n) is 6.29. The van der Waals surface area contributed by atoms with Crippen LogP contribution in [0.4, 0.5) is 23.1 Å². The van der Waals surface area contributed by atoms with Crippen molar-refractivity contribution >= 4 is 44.6 Å². The van der Waals surface area contributed by atoms with Crippen LogP contribution in [0.3, 0.4) is 0 Å². The van der Waals surface area contributed by atoms with Gasteiger partial charge in [0.1, 0.15) is 24.2 Å². The minimum Gasteiger partial charge on any atom is -0.492 e. The highest BCUT2D eigenvalue weighted by Crippen LogP contribution is 2.38. The Balaban J connectivity index is 1.20. The van der Waals surface area contributed by atoms with Crippen LogP contribution in [0.2, 0.25) is 5.02 Å². The summed E-state index contributed by atoms with van der Waals surface area (Å²) in [5, 5.41) is 6.11. The van der Waals surface area contributed by atoms with Gasteiger partial charge >= 0.3 is 0 Å². The van der Waals surface area contributed by atoms with Crippen molar-refractivity contribution in [3.63, 3.8) is 0 Å². The first kappa shape index (κ1) is 38.2. The van der Waals surface area contributed by atoms with Crippen molar-refractivity contribution in [3.8, 4) is 5.75 Å². The van der Waals surface area contributed by atoms with E-state index in [1.165, 1.54) is 11.8 Å². The number of nitrogens with one attached hydrogen (secondary N) is 2. The highest BCUT2D eigenvalue weighted by molar-refractivity contribution is 7.92. The highest BCUT2D eigenvalue weighted by atomic mass is 35.5. The number of aryl methyl sites for hydroxylation is 1. The van der Waals surface area contributed by atoms with Crippen LogP contribution in [0.1, 0.15) is 57.6 Å². The molecule has 1 aromatic heterocycles. The van der Waals surface area contributed by atoms with Gasteiger partial charge in [0.2, 0.25) is 5.95 Å². The Labute approximate surface area is 302 Å². The minimum atomic E-state index is -3.54. The Kier molecular flexibility index (Phi) is 13.7. The molecule has 50 heavy (non-hydrogen) atoms. The number of benzene rings is 2. The summed E-state index contributed by atoms with van der Waals surface area (Å²) >= 11 is 6.48. The molecule has 2 fully saturated rings. The van der Waals surface area contributed by atoms with Gasteiger partial charge in [-0.25, -0.2) is 13.4 Å². The van der Waals surface area contributed by atoms with Crippen LogP contribution in [-0.2, 0) is 19.3 Å². The Morgan fingerprint density at radius 1 is 0.880 bits per heavy atom. The van der Waals surface area contributed by atoms with E-state index in [0.29, 0.717) is 44.4 Å². The van der Waals surface area contributed by atoms with E-state index in [2.05, 4.69) is 54.4 Å². The standard InChI is InChI=1S/C36H52ClN7O5S/c1-6-47-23-43-16-18-44(19-17-43)25-48-24-42-14-12-28(13-15-42)29-21-33(49-7-2)32(20-27(29)5)40-36-38-22-30(37)35(41-36)39-31-10-8-9-11-34(31)50(45,46)26(3)4/h8-11,20-22,26,28H,6-7,12-19,23-25H2,1-5H3,(H2,38,39,40,41). The lowest BCUT2D eigenvalue weighted by atomic mass is 9.86. The van der Waals surface area contributed by atoms with Crippen LogP contribution in [0.25, 0.3) is 0 Å². The van der Waals surface area contributed by atoms with Crippen LogP contribution < -0.4 is 15.4 Å². The normalized spacial score (nSPS) is 16.9. The zero-order chi connectivity index (χ0) is 35.7. The predicted octanol–water partition coefficient (Wildman–Crippen LogP) is 6.23. The Hall–Kier alpha value is -3.04. The summed E-state index contributed by atoms with van der Waals surface area (Å²) in [6.07, 6.45) is 3.58. The van der Waals surface area contributed by atoms with Crippen LogP contribution in [0, 0.1) is 6.92 Å². The molecule has 12 nitrogen and oxygen atoms in total. The molecule has 0 radical (unpaired) electrons. The monoisotopic (exact) mass is 729 g/mol. The fourth-order valence-corrected chi connectivity index (χ4v) is 7.63. The summed E-state index contributed by atoms with van der Waals surface area (Å²) in [5.74, 6) is 1.73. The second-order valence-electron chi connectivity index (χ2n) is 13.1. The number of aromatic nitrogens is 2. The molecule has 14 heteroatoms. The predicted molar refractivity (Wildman–Crippen MR) is 199 cm³/mol. The summed E-state index contributed by atoms with van der Waals surface area (Å²) in [4.78, 5) is 16.3. The topological polar surface area (TPSA) is 121 Å². The average molecular weight is 730 g/mol. The SMILES string of the molecule is CCOCN1CCN(COCN2CCC(c3cc(OCC)c(Nc4ncc(Cl)c(Nc5ccccc5S(=O)(=O)C(C)C)n4)cc3C)CC2)CC1. The minimum absolute atomic E-state index is 0.186. The molecule has 2 aliphatic rings. The van der Waals surface area contributed by atoms with Crippen LogP contribution in [-0.4, -0.2) is 111 Å². The van der Waals surface area contributed by atoms with Crippen LogP contribution in [0.15, 0.2) is 47.5 Å². The van der Waals surface area contributed by atoms with Crippen molar-refractivity contribution in [2.75, 3.05) is 83.3 Å². The molecule has 0 atom stereocenters. The lowest BCUT2D eigenvalue weighted by molar-refractivity contribution is -0.0607. The van der Waals surface area contributed by atoms with E-state index >= 15 is 0 Å². The first-order valence-corrected chi connectivity index (χ1v) is 19.5. The molecule has 2 N–H and O–H groups in total. The van der Waals surface area contributed by atoms with Crippen molar-refractivity contribution in [2.24, 2.45) is 0 Å². The van der Waals surface area contributed by atoms with E-state index < -0.39 is 15.1 Å². The zero-order valence-corrected chi connectivity index (χ0v) is 31.5. The second kappa shape index (κ2) is 17.9. The third kappa shape index (κ3) is 9.84. The number of hydrogen-bond donors (Lipinski definition) is 2. The molecule has 0 bridgehead atoms. The van der Waals surface area contributed by atoms with E-state index in [-0.39, 0.29) is 15.7 Å². The maximum Gasteiger partial charge on any atom is 0.229 e. The molecule has 2 aromatic carbocycles. The van der Waals surface area contributed by atoms with E-state index in [0.717, 1.165) is 75.7 Å². The number of nitrogens with zero attached hydrogens (tertiary/aromatic N) is 5. The van der Waals surface area contributed by atoms with Gasteiger partial charge in [-0.15, -0.1) is 0 Å². The summed E-state index contributed by atoms with van der Waals surface area (Å²) in [6.45, 7) is 18.7. The van der Waals surface area contributed by atoms with Gasteiger partial charge in [-0.1, -0.05) is 23.7 Å². The van der Waals surface area contributed by atoms with E-state index in [1.807, 2.05) is 13.8 Å². The molecule has 0 saturated carbocycles. The molecular formula is C36H52ClN7O5S. The smallest absolute Gasteiger partial charge is 0.229 e. The van der Waals surface area contributed by atoms with Gasteiger partial charge in [0, 0.05) is 45.9 Å². The van der Waals surface area contributed by atoms with Crippen molar-refractivity contribution in [2.45, 2.75) is 63.5 Å². The van der Waals surface area contributed by atoms with Crippen molar-refractivity contribution in [1.82, 2.24) is 24.7 Å². The molecule has 0 unspecified atom stereocenters. The maximum atomic E-state index is 13.0. The van der Waals surface area contributed by atoms with Crippen molar-refractivity contribution in [1.29, 1.82) is 0 Å². The molecule has 274 valence electrons. The van der Waals surface area contributed by atoms with Gasteiger partial charge in [-0.3, -0.25) is 14.7 Å². The molecule has 0 aliphatic carbocycles. The molecule has 0 amide bonds. The summed E-state index contributed by atoms with van der Waals surface area (Å²) < 4.78 is 43.8. The third-order valence-corrected chi connectivity index (χ3v) is 11.7. The number of piperazine rings is 1. The quantitative estimate of drug-likeness (QED) is 0.174. The van der Waals surface area contributed by atoms with Gasteiger partial charge in [0.05, 0.1) is 41.1 Å². The van der Waals surface area contributed by atoms with Gasteiger partial charge in [0.25, 0.3) is 0 Å². The molecule has 2 aliphatic heterocycles. The second-order valence-corrected chi connectivity index (χ2v) is 16.0. The van der Waals surface area contributed by atoms with Gasteiger partial charge < -0.3 is 24.8 Å². The number of halogens is 1. The van der Waals surface area contributed by atoms with E-state index in [9.17, 15) is 8.42 Å². The Bertz CT molecular complexity index is 1660. The molecule has 5 rings (SSSR count).